The van der Waals surface area contributed by atoms with Crippen molar-refractivity contribution in [2.75, 3.05) is 13.1 Å². The van der Waals surface area contributed by atoms with Crippen LogP contribution in [0.2, 0.25) is 5.02 Å². The Balaban J connectivity index is 2.18. The van der Waals surface area contributed by atoms with Crippen molar-refractivity contribution in [2.24, 2.45) is 11.8 Å². The first-order valence-electron chi connectivity index (χ1n) is 7.99. The first-order valence-corrected chi connectivity index (χ1v) is 8.37. The summed E-state index contributed by atoms with van der Waals surface area (Å²) < 4.78 is 0. The normalized spacial score (nSPS) is 26.9. The van der Waals surface area contributed by atoms with Crippen molar-refractivity contribution in [3.05, 3.63) is 34.9 Å². The lowest BCUT2D eigenvalue weighted by molar-refractivity contribution is 0.231. The third kappa shape index (κ3) is 3.77. The average Bonchev–Trinajstić information content (AvgIpc) is 2.42. The van der Waals surface area contributed by atoms with Crippen molar-refractivity contribution in [3.63, 3.8) is 0 Å². The summed E-state index contributed by atoms with van der Waals surface area (Å²) >= 11 is 6.50. The second-order valence-corrected chi connectivity index (χ2v) is 7.37. The summed E-state index contributed by atoms with van der Waals surface area (Å²) in [6, 6.07) is 8.43. The molecule has 1 N–H and O–H groups in total. The van der Waals surface area contributed by atoms with E-state index < -0.39 is 0 Å². The second kappa shape index (κ2) is 6.95. The molecule has 1 fully saturated rings. The molecule has 112 valence electrons. The summed E-state index contributed by atoms with van der Waals surface area (Å²) in [7, 11) is 0. The molecule has 0 spiro atoms. The number of hydrogen-bond acceptors (Lipinski definition) is 1. The molecule has 20 heavy (non-hydrogen) atoms. The molecule has 1 nitrogen and oxygen atoms in total. The van der Waals surface area contributed by atoms with Gasteiger partial charge in [0.25, 0.3) is 0 Å². The van der Waals surface area contributed by atoms with Crippen LogP contribution in [0.15, 0.2) is 24.3 Å². The zero-order chi connectivity index (χ0) is 14.6. The monoisotopic (exact) mass is 293 g/mol. The fourth-order valence-corrected chi connectivity index (χ4v) is 3.68. The minimum absolute atomic E-state index is 0.236. The lowest BCUT2D eigenvalue weighted by Gasteiger charge is -2.41. The Kier molecular flexibility index (Phi) is 5.51. The van der Waals surface area contributed by atoms with Crippen LogP contribution in [0.5, 0.6) is 0 Å². The van der Waals surface area contributed by atoms with Crippen molar-refractivity contribution in [1.29, 1.82) is 0 Å². The molecular weight excluding hydrogens is 266 g/mol. The Labute approximate surface area is 129 Å². The number of nitrogens with one attached hydrogen (secondary N) is 1. The van der Waals surface area contributed by atoms with E-state index in [0.29, 0.717) is 5.92 Å². The van der Waals surface area contributed by atoms with E-state index in [4.69, 9.17) is 11.6 Å². The van der Waals surface area contributed by atoms with Crippen LogP contribution in [-0.4, -0.2) is 13.1 Å². The molecule has 2 heteroatoms. The zero-order valence-electron chi connectivity index (χ0n) is 13.1. The van der Waals surface area contributed by atoms with Crippen LogP contribution in [0, 0.1) is 11.8 Å². The Morgan fingerprint density at radius 1 is 1.25 bits per heavy atom. The van der Waals surface area contributed by atoms with E-state index in [1.807, 2.05) is 12.1 Å². The van der Waals surface area contributed by atoms with Gasteiger partial charge in [0.05, 0.1) is 0 Å². The first-order chi connectivity index (χ1) is 9.53. The first kappa shape index (κ1) is 15.9. The largest absolute Gasteiger partial charge is 0.316 e. The maximum Gasteiger partial charge on any atom is 0.0444 e. The van der Waals surface area contributed by atoms with Gasteiger partial charge in [-0.1, -0.05) is 50.6 Å². The molecule has 1 aliphatic rings. The summed E-state index contributed by atoms with van der Waals surface area (Å²) in [5.41, 5.74) is 1.59. The van der Waals surface area contributed by atoms with Crippen molar-refractivity contribution in [3.8, 4) is 0 Å². The molecule has 0 saturated heterocycles. The minimum atomic E-state index is 0.236. The van der Waals surface area contributed by atoms with Crippen LogP contribution in [-0.2, 0) is 5.41 Å². The van der Waals surface area contributed by atoms with Gasteiger partial charge in [-0.25, -0.2) is 0 Å². The SMILES string of the molecule is CC(C)CNCC1(c2ccccc2Cl)CCC(C)CC1. The smallest absolute Gasteiger partial charge is 0.0444 e. The van der Waals surface area contributed by atoms with Gasteiger partial charge < -0.3 is 5.32 Å². The Morgan fingerprint density at radius 2 is 1.90 bits per heavy atom. The lowest BCUT2D eigenvalue weighted by Crippen LogP contribution is -2.42. The standard InChI is InChI=1S/C18H28ClN/c1-14(2)12-20-13-18(10-8-15(3)9-11-18)16-6-4-5-7-17(16)19/h4-7,14-15,20H,8-13H2,1-3H3. The van der Waals surface area contributed by atoms with Gasteiger partial charge in [0.2, 0.25) is 0 Å². The Bertz CT molecular complexity index is 419. The minimum Gasteiger partial charge on any atom is -0.316 e. The van der Waals surface area contributed by atoms with E-state index in [2.05, 4.69) is 38.2 Å². The molecule has 1 saturated carbocycles. The van der Waals surface area contributed by atoms with Gasteiger partial charge >= 0.3 is 0 Å². The molecule has 1 aromatic carbocycles. The van der Waals surface area contributed by atoms with Gasteiger partial charge in [-0.05, 0) is 55.7 Å². The van der Waals surface area contributed by atoms with Gasteiger partial charge in [-0.3, -0.25) is 0 Å². The average molecular weight is 294 g/mol. The highest BCUT2D eigenvalue weighted by Gasteiger charge is 2.36. The molecular formula is C18H28ClN. The summed E-state index contributed by atoms with van der Waals surface area (Å²) in [5, 5.41) is 4.62. The molecule has 0 bridgehead atoms. The molecule has 0 aliphatic heterocycles. The second-order valence-electron chi connectivity index (χ2n) is 6.97. The van der Waals surface area contributed by atoms with Crippen LogP contribution in [0.4, 0.5) is 0 Å². The topological polar surface area (TPSA) is 12.0 Å². The summed E-state index contributed by atoms with van der Waals surface area (Å²) in [6.45, 7) is 9.04. The molecule has 0 atom stereocenters. The van der Waals surface area contributed by atoms with Crippen molar-refractivity contribution >= 4 is 11.6 Å². The van der Waals surface area contributed by atoms with Crippen LogP contribution < -0.4 is 5.32 Å². The Morgan fingerprint density at radius 3 is 2.50 bits per heavy atom. The molecule has 0 heterocycles. The van der Waals surface area contributed by atoms with Gasteiger partial charge in [-0.15, -0.1) is 0 Å². The zero-order valence-corrected chi connectivity index (χ0v) is 13.8. The maximum absolute atomic E-state index is 6.50. The van der Waals surface area contributed by atoms with Crippen molar-refractivity contribution < 1.29 is 0 Å². The Hall–Kier alpha value is -0.530. The van der Waals surface area contributed by atoms with E-state index in [9.17, 15) is 0 Å². The quantitative estimate of drug-likeness (QED) is 0.802. The molecule has 0 amide bonds. The predicted octanol–water partition coefficient (Wildman–Crippen LogP) is 5.03. The van der Waals surface area contributed by atoms with Gasteiger partial charge in [0.1, 0.15) is 0 Å². The van der Waals surface area contributed by atoms with E-state index in [-0.39, 0.29) is 5.41 Å². The number of hydrogen-bond donors (Lipinski definition) is 1. The van der Waals surface area contributed by atoms with Crippen LogP contribution in [0.3, 0.4) is 0 Å². The summed E-state index contributed by atoms with van der Waals surface area (Å²) in [6.07, 6.45) is 5.13. The van der Waals surface area contributed by atoms with Crippen molar-refractivity contribution in [1.82, 2.24) is 5.32 Å². The molecule has 0 radical (unpaired) electrons. The van der Waals surface area contributed by atoms with Crippen molar-refractivity contribution in [2.45, 2.75) is 51.9 Å². The summed E-state index contributed by atoms with van der Waals surface area (Å²) in [5.74, 6) is 1.55. The molecule has 1 aromatic rings. The van der Waals surface area contributed by atoms with Crippen LogP contribution >= 0.6 is 11.6 Å². The van der Waals surface area contributed by atoms with E-state index in [1.165, 1.54) is 31.2 Å². The third-order valence-corrected chi connectivity index (χ3v) is 5.02. The molecule has 0 unspecified atom stereocenters. The molecule has 0 aromatic heterocycles. The highest BCUT2D eigenvalue weighted by atomic mass is 35.5. The van der Waals surface area contributed by atoms with Crippen LogP contribution in [0.25, 0.3) is 0 Å². The fourth-order valence-electron chi connectivity index (χ4n) is 3.35. The number of benzene rings is 1. The number of halogens is 1. The molecule has 1 aliphatic carbocycles. The molecule has 2 rings (SSSR count). The lowest BCUT2D eigenvalue weighted by atomic mass is 9.67. The summed E-state index contributed by atoms with van der Waals surface area (Å²) in [4.78, 5) is 0. The van der Waals surface area contributed by atoms with E-state index in [0.717, 1.165) is 24.0 Å². The van der Waals surface area contributed by atoms with Gasteiger partial charge in [-0.2, -0.15) is 0 Å². The van der Waals surface area contributed by atoms with Crippen LogP contribution in [0.1, 0.15) is 52.0 Å². The third-order valence-electron chi connectivity index (χ3n) is 4.69. The fraction of sp³-hybridized carbons (Fsp3) is 0.667. The highest BCUT2D eigenvalue weighted by molar-refractivity contribution is 6.31. The highest BCUT2D eigenvalue weighted by Crippen LogP contribution is 2.43. The van der Waals surface area contributed by atoms with E-state index >= 15 is 0 Å². The number of rotatable bonds is 5. The maximum atomic E-state index is 6.50. The van der Waals surface area contributed by atoms with E-state index in [1.54, 1.807) is 0 Å². The van der Waals surface area contributed by atoms with Gasteiger partial charge in [0, 0.05) is 17.0 Å². The van der Waals surface area contributed by atoms with Gasteiger partial charge in [0.15, 0.2) is 0 Å². The predicted molar refractivity (Wildman–Crippen MR) is 88.5 cm³/mol.